The molecule has 2 fully saturated rings. The van der Waals surface area contributed by atoms with Crippen molar-refractivity contribution in [2.45, 2.75) is 84.2 Å². The van der Waals surface area contributed by atoms with Crippen molar-refractivity contribution in [3.05, 3.63) is 88.2 Å². The van der Waals surface area contributed by atoms with Gasteiger partial charge in [-0.15, -0.1) is 0 Å². The summed E-state index contributed by atoms with van der Waals surface area (Å²) in [7, 11) is 3.66. The minimum absolute atomic E-state index is 0.0432. The predicted octanol–water partition coefficient (Wildman–Crippen LogP) is 6.41. The van der Waals surface area contributed by atoms with Gasteiger partial charge >= 0.3 is 0 Å². The molecule has 2 N–H and O–H groups in total. The molecule has 14 nitrogen and oxygen atoms in total. The lowest BCUT2D eigenvalue weighted by atomic mass is 9.88. The van der Waals surface area contributed by atoms with Crippen molar-refractivity contribution < 1.29 is 32.7 Å². The number of carbonyl (C=O) groups is 4. The maximum atomic E-state index is 15.1. The van der Waals surface area contributed by atoms with E-state index in [1.807, 2.05) is 37.7 Å². The third-order valence-electron chi connectivity index (χ3n) is 12.9. The SMILES string of the molecule is Cc1cc2cc(n1)-c1cnn(C)c1OCCC[C@@H](C)Cn1c(nc3ccc(C(=O)N(C)[C@@H](C)C4CCN(CCc5cc(F)c(C6CCC(=O)NC6=O)c(F)c5)CC4)cc31)NC2=O. The quantitative estimate of drug-likeness (QED) is 0.177. The van der Waals surface area contributed by atoms with E-state index in [1.165, 1.54) is 12.1 Å². The molecular weight excluding hydrogens is 797 g/mol. The number of fused-ring (bicyclic) bond motifs is 7. The topological polar surface area (TPSA) is 157 Å². The van der Waals surface area contributed by atoms with Gasteiger partial charge in [-0.1, -0.05) is 6.92 Å². The Balaban J connectivity index is 0.929. The first kappa shape index (κ1) is 42.7. The van der Waals surface area contributed by atoms with Gasteiger partial charge in [0.15, 0.2) is 0 Å². The summed E-state index contributed by atoms with van der Waals surface area (Å²) < 4.78 is 40.1. The Labute approximate surface area is 359 Å². The number of imidazole rings is 1. The van der Waals surface area contributed by atoms with E-state index in [0.29, 0.717) is 77.1 Å². The van der Waals surface area contributed by atoms with E-state index in [1.54, 1.807) is 34.0 Å². The number of aryl methyl sites for hydroxylation is 2. The molecule has 3 aromatic heterocycles. The summed E-state index contributed by atoms with van der Waals surface area (Å²) in [5.41, 5.74) is 4.57. The van der Waals surface area contributed by atoms with Crippen LogP contribution in [0.5, 0.6) is 5.88 Å². The summed E-state index contributed by atoms with van der Waals surface area (Å²) in [6, 6.07) is 11.5. The minimum atomic E-state index is -1.02. The molecule has 2 saturated heterocycles. The molecule has 62 heavy (non-hydrogen) atoms. The molecule has 16 heteroatoms. The number of aromatic nitrogens is 5. The third kappa shape index (κ3) is 8.83. The summed E-state index contributed by atoms with van der Waals surface area (Å²) in [4.78, 5) is 65.4. The highest BCUT2D eigenvalue weighted by Crippen LogP contribution is 2.33. The van der Waals surface area contributed by atoms with Gasteiger partial charge in [-0.05, 0) is 125 Å². The van der Waals surface area contributed by atoms with Gasteiger partial charge in [0.1, 0.15) is 11.6 Å². The van der Waals surface area contributed by atoms with E-state index >= 15 is 8.78 Å². The molecule has 0 saturated carbocycles. The highest BCUT2D eigenvalue weighted by atomic mass is 19.1. The van der Waals surface area contributed by atoms with Crippen molar-refractivity contribution in [2.75, 3.05) is 38.6 Å². The number of hydrogen-bond donors (Lipinski definition) is 2. The lowest BCUT2D eigenvalue weighted by molar-refractivity contribution is -0.134. The molecule has 2 aromatic carbocycles. The van der Waals surface area contributed by atoms with Crippen molar-refractivity contribution in [1.82, 2.24) is 39.4 Å². The Bertz CT molecular complexity index is 2520. The first-order valence-corrected chi connectivity index (χ1v) is 21.5. The van der Waals surface area contributed by atoms with Crippen LogP contribution in [0.3, 0.4) is 0 Å². The van der Waals surface area contributed by atoms with Crippen LogP contribution in [-0.2, 0) is 29.6 Å². The lowest BCUT2D eigenvalue weighted by Crippen LogP contribution is -2.45. The number of amides is 4. The molecule has 0 radical (unpaired) electrons. The number of pyridine rings is 1. The standard InChI is InChI=1S/C46H53F2N9O5/c1-26-7-6-18-62-45-34(24-49-55(45)5)38-22-32(19-27(2)50-38)42(59)53-46-51-37-10-8-31(23-39(37)57(46)25-26)44(61)54(4)28(3)30-13-16-56(17-14-30)15-12-29-20-35(47)41(36(48)21-29)33-9-11-40(58)52-43(33)60/h8,10,19-24,26,28,30,33H,6-7,9,11-18,25H2,1-5H3,(H,51,53,59)(H,52,58,60)/t26-,28+,33?/m1/s1. The van der Waals surface area contributed by atoms with Crippen LogP contribution in [0.25, 0.3) is 22.3 Å². The number of nitrogens with zero attached hydrogens (tertiary/aromatic N) is 7. The third-order valence-corrected chi connectivity index (χ3v) is 12.9. The average Bonchev–Trinajstić information content (AvgIpc) is 3.78. The number of carbonyl (C=O) groups excluding carboxylic acids is 4. The van der Waals surface area contributed by atoms with Crippen molar-refractivity contribution in [2.24, 2.45) is 18.9 Å². The molecule has 3 aliphatic rings. The Kier molecular flexibility index (Phi) is 12.2. The Morgan fingerprint density at radius 1 is 1.00 bits per heavy atom. The van der Waals surface area contributed by atoms with Gasteiger partial charge in [-0.2, -0.15) is 5.10 Å². The van der Waals surface area contributed by atoms with Crippen molar-refractivity contribution in [3.63, 3.8) is 0 Å². The van der Waals surface area contributed by atoms with Gasteiger partial charge in [0, 0.05) is 62.0 Å². The lowest BCUT2D eigenvalue weighted by Gasteiger charge is -2.38. The molecule has 6 heterocycles. The van der Waals surface area contributed by atoms with Gasteiger partial charge in [-0.3, -0.25) is 34.8 Å². The Hall–Kier alpha value is -6.03. The number of rotatable bonds is 7. The summed E-state index contributed by atoms with van der Waals surface area (Å²) in [6.45, 7) is 9.30. The van der Waals surface area contributed by atoms with Crippen LogP contribution in [-0.4, -0.2) is 97.1 Å². The molecule has 5 aromatic rings. The first-order chi connectivity index (χ1) is 29.7. The zero-order valence-electron chi connectivity index (χ0n) is 35.8. The van der Waals surface area contributed by atoms with Crippen LogP contribution in [0.2, 0.25) is 0 Å². The molecule has 3 aliphatic heterocycles. The average molecular weight is 850 g/mol. The largest absolute Gasteiger partial charge is 0.477 e. The van der Waals surface area contributed by atoms with E-state index < -0.39 is 29.4 Å². The second-order valence-corrected chi connectivity index (χ2v) is 17.2. The monoisotopic (exact) mass is 849 g/mol. The second-order valence-electron chi connectivity index (χ2n) is 17.2. The zero-order chi connectivity index (χ0) is 43.8. The fourth-order valence-electron chi connectivity index (χ4n) is 9.16. The van der Waals surface area contributed by atoms with E-state index in [0.717, 1.165) is 44.3 Å². The van der Waals surface area contributed by atoms with Crippen LogP contribution >= 0.6 is 0 Å². The number of ether oxygens (including phenoxy) is 1. The number of nitrogens with one attached hydrogen (secondary N) is 2. The highest BCUT2D eigenvalue weighted by Gasteiger charge is 2.33. The fourth-order valence-corrected chi connectivity index (χ4v) is 9.16. The van der Waals surface area contributed by atoms with Crippen molar-refractivity contribution >= 4 is 40.6 Å². The number of likely N-dealkylation sites (tertiary alicyclic amines) is 1. The summed E-state index contributed by atoms with van der Waals surface area (Å²) >= 11 is 0. The van der Waals surface area contributed by atoms with E-state index in [-0.39, 0.29) is 48.1 Å². The van der Waals surface area contributed by atoms with Crippen molar-refractivity contribution in [1.29, 1.82) is 0 Å². The maximum absolute atomic E-state index is 15.1. The maximum Gasteiger partial charge on any atom is 0.258 e. The predicted molar refractivity (Wildman–Crippen MR) is 229 cm³/mol. The summed E-state index contributed by atoms with van der Waals surface area (Å²) in [5.74, 6) is -2.67. The van der Waals surface area contributed by atoms with Crippen LogP contribution in [0.4, 0.5) is 14.7 Å². The molecule has 326 valence electrons. The van der Waals surface area contributed by atoms with Crippen LogP contribution in [0.15, 0.2) is 48.7 Å². The summed E-state index contributed by atoms with van der Waals surface area (Å²) in [6.07, 6.45) is 5.62. The second kappa shape index (κ2) is 17.8. The number of halogens is 2. The van der Waals surface area contributed by atoms with Gasteiger partial charge in [0.05, 0.1) is 41.0 Å². The number of benzene rings is 2. The Morgan fingerprint density at radius 2 is 1.76 bits per heavy atom. The molecule has 3 atom stereocenters. The Morgan fingerprint density at radius 3 is 2.50 bits per heavy atom. The molecule has 0 aliphatic carbocycles. The van der Waals surface area contributed by atoms with Gasteiger partial charge < -0.3 is 19.1 Å². The minimum Gasteiger partial charge on any atom is -0.477 e. The van der Waals surface area contributed by atoms with Crippen LogP contribution in [0, 0.1) is 30.4 Å². The normalized spacial score (nSPS) is 19.7. The first-order valence-electron chi connectivity index (χ1n) is 21.5. The fraction of sp³-hybridized carbons (Fsp3) is 0.457. The molecule has 1 unspecified atom stereocenters. The number of hydrogen-bond acceptors (Lipinski definition) is 9. The number of piperidine rings is 2. The molecule has 8 rings (SSSR count). The molecule has 4 amide bonds. The smallest absolute Gasteiger partial charge is 0.258 e. The van der Waals surface area contributed by atoms with Crippen LogP contribution < -0.4 is 15.4 Å². The summed E-state index contributed by atoms with van der Waals surface area (Å²) in [5, 5.41) is 9.62. The number of imide groups is 1. The van der Waals surface area contributed by atoms with Gasteiger partial charge in [-0.25, -0.2) is 18.4 Å². The number of anilines is 1. The van der Waals surface area contributed by atoms with Crippen LogP contribution in [0.1, 0.15) is 95.8 Å². The van der Waals surface area contributed by atoms with E-state index in [4.69, 9.17) is 9.72 Å². The van der Waals surface area contributed by atoms with E-state index in [9.17, 15) is 19.2 Å². The zero-order valence-corrected chi connectivity index (χ0v) is 35.8. The molecular formula is C46H53F2N9O5. The molecule has 0 spiro atoms. The van der Waals surface area contributed by atoms with Gasteiger partial charge in [0.25, 0.3) is 11.8 Å². The van der Waals surface area contributed by atoms with Gasteiger partial charge in [0.2, 0.25) is 23.6 Å². The molecule has 2 bridgehead atoms. The highest BCUT2D eigenvalue weighted by molar-refractivity contribution is 6.05. The van der Waals surface area contributed by atoms with E-state index in [2.05, 4.69) is 39.5 Å². The van der Waals surface area contributed by atoms with Crippen molar-refractivity contribution in [3.8, 4) is 17.1 Å².